The van der Waals surface area contributed by atoms with E-state index in [2.05, 4.69) is 39.0 Å². The summed E-state index contributed by atoms with van der Waals surface area (Å²) in [6.45, 7) is 2.09. The molecule has 0 saturated heterocycles. The Labute approximate surface area is 159 Å². The molecule has 1 aromatic carbocycles. The Balaban J connectivity index is 1.59. The third-order valence-corrected chi connectivity index (χ3v) is 4.82. The van der Waals surface area contributed by atoms with Gasteiger partial charge in [-0.3, -0.25) is 9.78 Å². The fourth-order valence-corrected chi connectivity index (χ4v) is 3.27. The molecule has 0 radical (unpaired) electrons. The molecule has 4 aromatic heterocycles. The van der Waals surface area contributed by atoms with E-state index in [1.54, 1.807) is 24.8 Å². The number of hydrogen-bond acceptors (Lipinski definition) is 6. The molecule has 28 heavy (non-hydrogen) atoms. The first-order valence-electron chi connectivity index (χ1n) is 8.81. The summed E-state index contributed by atoms with van der Waals surface area (Å²) in [5.41, 5.74) is 4.30. The Hall–Kier alpha value is -3.87. The summed E-state index contributed by atoms with van der Waals surface area (Å²) < 4.78 is 7.41. The Bertz CT molecular complexity index is 1320. The molecule has 0 amide bonds. The summed E-state index contributed by atoms with van der Waals surface area (Å²) in [4.78, 5) is 28.7. The van der Waals surface area contributed by atoms with E-state index in [0.717, 1.165) is 22.8 Å². The van der Waals surface area contributed by atoms with Crippen LogP contribution < -0.4 is 0 Å². The first kappa shape index (κ1) is 16.3. The van der Waals surface area contributed by atoms with Crippen molar-refractivity contribution < 1.29 is 9.21 Å². The molecule has 0 aliphatic heterocycles. The van der Waals surface area contributed by atoms with Crippen LogP contribution >= 0.6 is 0 Å². The molecule has 0 bridgehead atoms. The highest BCUT2D eigenvalue weighted by molar-refractivity contribution is 5.79. The fraction of sp³-hybridized carbons (Fsp3) is 0.0952. The summed E-state index contributed by atoms with van der Waals surface area (Å²) in [7, 11) is 0. The number of hydrogen-bond donors (Lipinski definition) is 0. The van der Waals surface area contributed by atoms with Gasteiger partial charge in [0.15, 0.2) is 23.3 Å². The van der Waals surface area contributed by atoms with Crippen LogP contribution in [0.4, 0.5) is 0 Å². The monoisotopic (exact) mass is 369 g/mol. The van der Waals surface area contributed by atoms with Gasteiger partial charge in [0.1, 0.15) is 12.0 Å². The lowest BCUT2D eigenvalue weighted by Gasteiger charge is -2.15. The maximum absolute atomic E-state index is 10.9. The molecule has 0 spiro atoms. The lowest BCUT2D eigenvalue weighted by molar-refractivity contribution is 0.112. The largest absolute Gasteiger partial charge is 0.462 e. The van der Waals surface area contributed by atoms with E-state index < -0.39 is 0 Å². The van der Waals surface area contributed by atoms with Crippen LogP contribution in [0, 0.1) is 0 Å². The van der Waals surface area contributed by atoms with Gasteiger partial charge in [-0.1, -0.05) is 12.1 Å². The van der Waals surface area contributed by atoms with Crippen LogP contribution in [0.2, 0.25) is 0 Å². The molecule has 0 N–H and O–H groups in total. The number of carbonyl (C=O) groups is 1. The van der Waals surface area contributed by atoms with Gasteiger partial charge in [-0.2, -0.15) is 0 Å². The molecule has 1 unspecified atom stereocenters. The number of aldehydes is 1. The number of imidazole rings is 1. The molecule has 7 nitrogen and oxygen atoms in total. The Morgan fingerprint density at radius 3 is 2.93 bits per heavy atom. The zero-order chi connectivity index (χ0) is 19.1. The quantitative estimate of drug-likeness (QED) is 0.444. The molecule has 0 aliphatic rings. The summed E-state index contributed by atoms with van der Waals surface area (Å²) in [6.07, 6.45) is 7.26. The second kappa shape index (κ2) is 6.38. The normalized spacial score (nSPS) is 12.5. The van der Waals surface area contributed by atoms with E-state index in [4.69, 9.17) is 4.42 Å². The highest BCUT2D eigenvalue weighted by Gasteiger charge is 2.16. The van der Waals surface area contributed by atoms with Crippen molar-refractivity contribution in [2.75, 3.05) is 0 Å². The van der Waals surface area contributed by atoms with Gasteiger partial charge in [0, 0.05) is 11.6 Å². The van der Waals surface area contributed by atoms with Crippen LogP contribution in [0.15, 0.2) is 65.8 Å². The molecule has 4 heterocycles. The number of aromatic nitrogens is 5. The lowest BCUT2D eigenvalue weighted by atomic mass is 10.1. The number of pyridine rings is 1. The number of nitrogens with zero attached hydrogens (tertiary/aromatic N) is 5. The Morgan fingerprint density at radius 2 is 2.07 bits per heavy atom. The van der Waals surface area contributed by atoms with E-state index in [-0.39, 0.29) is 6.04 Å². The second-order valence-corrected chi connectivity index (χ2v) is 6.55. The van der Waals surface area contributed by atoms with Crippen LogP contribution in [0.25, 0.3) is 33.7 Å². The average Bonchev–Trinajstić information content (AvgIpc) is 3.39. The van der Waals surface area contributed by atoms with Crippen molar-refractivity contribution in [2.24, 2.45) is 0 Å². The summed E-state index contributed by atoms with van der Waals surface area (Å²) in [6, 6.07) is 11.8. The van der Waals surface area contributed by atoms with Crippen molar-refractivity contribution in [2.45, 2.75) is 13.0 Å². The van der Waals surface area contributed by atoms with Crippen molar-refractivity contribution in [1.82, 2.24) is 24.5 Å². The predicted molar refractivity (Wildman–Crippen MR) is 104 cm³/mol. The Morgan fingerprint density at radius 1 is 1.14 bits per heavy atom. The van der Waals surface area contributed by atoms with Gasteiger partial charge in [-0.05, 0) is 36.8 Å². The Kier molecular flexibility index (Phi) is 3.72. The predicted octanol–water partition coefficient (Wildman–Crippen LogP) is 4.06. The molecule has 7 heteroatoms. The number of rotatable bonds is 4. The van der Waals surface area contributed by atoms with E-state index >= 15 is 0 Å². The highest BCUT2D eigenvalue weighted by Crippen LogP contribution is 2.26. The van der Waals surface area contributed by atoms with E-state index in [9.17, 15) is 4.79 Å². The highest BCUT2D eigenvalue weighted by atomic mass is 16.3. The third kappa shape index (κ3) is 2.64. The van der Waals surface area contributed by atoms with Crippen LogP contribution in [-0.2, 0) is 0 Å². The summed E-state index contributed by atoms with van der Waals surface area (Å²) in [5, 5.41) is 1.08. The molecular formula is C21H15N5O2. The molecule has 5 aromatic rings. The van der Waals surface area contributed by atoms with E-state index in [0.29, 0.717) is 28.3 Å². The molecule has 0 fully saturated rings. The minimum absolute atomic E-state index is 0.00120. The standard InChI is InChI=1S/C21H15N5O2/c1-13(15-4-5-17-16(8-15)3-2-6-22-17)26-12-24-20-21(26)25-18(9-23-20)19-7-14(10-27)11-28-19/h2-13H,1H3. The average molecular weight is 369 g/mol. The molecule has 1 atom stereocenters. The fourth-order valence-electron chi connectivity index (χ4n) is 3.27. The van der Waals surface area contributed by atoms with E-state index in [1.807, 2.05) is 22.8 Å². The molecule has 0 saturated carbocycles. The number of fused-ring (bicyclic) bond motifs is 2. The van der Waals surface area contributed by atoms with Crippen LogP contribution in [-0.4, -0.2) is 30.8 Å². The van der Waals surface area contributed by atoms with Crippen LogP contribution in [0.3, 0.4) is 0 Å². The smallest absolute Gasteiger partial charge is 0.197 e. The van der Waals surface area contributed by atoms with Crippen molar-refractivity contribution >= 4 is 28.5 Å². The van der Waals surface area contributed by atoms with Crippen molar-refractivity contribution in [3.63, 3.8) is 0 Å². The maximum atomic E-state index is 10.9. The van der Waals surface area contributed by atoms with Crippen molar-refractivity contribution in [3.05, 3.63) is 72.5 Å². The number of carbonyl (C=O) groups excluding carboxylic acids is 1. The van der Waals surface area contributed by atoms with Gasteiger partial charge in [-0.15, -0.1) is 0 Å². The third-order valence-electron chi connectivity index (χ3n) is 4.82. The SMILES string of the molecule is CC(c1ccc2ncccc2c1)n1cnc2ncc(-c3cc(C=O)co3)nc21. The van der Waals surface area contributed by atoms with Gasteiger partial charge in [0.25, 0.3) is 0 Å². The zero-order valence-corrected chi connectivity index (χ0v) is 15.0. The minimum atomic E-state index is 0.00120. The van der Waals surface area contributed by atoms with Crippen LogP contribution in [0.1, 0.15) is 28.9 Å². The first-order chi connectivity index (χ1) is 13.7. The molecular weight excluding hydrogens is 354 g/mol. The van der Waals surface area contributed by atoms with Crippen LogP contribution in [0.5, 0.6) is 0 Å². The van der Waals surface area contributed by atoms with Gasteiger partial charge in [0.2, 0.25) is 0 Å². The zero-order valence-electron chi connectivity index (χ0n) is 15.0. The molecule has 0 aliphatic carbocycles. The van der Waals surface area contributed by atoms with Gasteiger partial charge < -0.3 is 8.98 Å². The maximum Gasteiger partial charge on any atom is 0.197 e. The minimum Gasteiger partial charge on any atom is -0.462 e. The number of furan rings is 1. The summed E-state index contributed by atoms with van der Waals surface area (Å²) in [5.74, 6) is 0.494. The first-order valence-corrected chi connectivity index (χ1v) is 8.81. The van der Waals surface area contributed by atoms with Gasteiger partial charge in [0.05, 0.1) is 29.6 Å². The topological polar surface area (TPSA) is 86.7 Å². The molecule has 5 rings (SSSR count). The van der Waals surface area contributed by atoms with Gasteiger partial charge >= 0.3 is 0 Å². The molecule has 136 valence electrons. The van der Waals surface area contributed by atoms with Crippen molar-refractivity contribution in [3.8, 4) is 11.5 Å². The van der Waals surface area contributed by atoms with Gasteiger partial charge in [-0.25, -0.2) is 15.0 Å². The van der Waals surface area contributed by atoms with Crippen molar-refractivity contribution in [1.29, 1.82) is 0 Å². The lowest BCUT2D eigenvalue weighted by Crippen LogP contribution is -2.06. The summed E-state index contributed by atoms with van der Waals surface area (Å²) >= 11 is 0. The number of benzene rings is 1. The van der Waals surface area contributed by atoms with E-state index in [1.165, 1.54) is 6.26 Å². The second-order valence-electron chi connectivity index (χ2n) is 6.55.